The van der Waals surface area contributed by atoms with E-state index in [2.05, 4.69) is 15.4 Å². The number of benzene rings is 3. The van der Waals surface area contributed by atoms with E-state index in [0.717, 1.165) is 0 Å². The average molecular weight is 488 g/mol. The molecule has 0 bridgehead atoms. The van der Waals surface area contributed by atoms with Crippen molar-refractivity contribution in [2.75, 3.05) is 24.3 Å². The zero-order valence-corrected chi connectivity index (χ0v) is 19.2. The maximum Gasteiger partial charge on any atom is 0.257 e. The Kier molecular flexibility index (Phi) is 8.05. The van der Waals surface area contributed by atoms with Crippen LogP contribution >= 0.6 is 11.6 Å². The maximum atomic E-state index is 12.7. The number of anilines is 2. The van der Waals surface area contributed by atoms with E-state index in [1.807, 2.05) is 0 Å². The van der Waals surface area contributed by atoms with Gasteiger partial charge >= 0.3 is 0 Å². The molecule has 3 N–H and O–H groups in total. The third kappa shape index (κ3) is 6.79. The lowest BCUT2D eigenvalue weighted by Crippen LogP contribution is -2.28. The molecule has 0 aliphatic carbocycles. The third-order valence-corrected chi connectivity index (χ3v) is 6.22. The van der Waals surface area contributed by atoms with Gasteiger partial charge in [-0.3, -0.25) is 9.59 Å². The van der Waals surface area contributed by atoms with Gasteiger partial charge in [0.05, 0.1) is 23.3 Å². The summed E-state index contributed by atoms with van der Waals surface area (Å²) >= 11 is 5.84. The fraction of sp³-hybridized carbons (Fsp3) is 0.130. The summed E-state index contributed by atoms with van der Waals surface area (Å²) in [7, 11) is -2.27. The maximum absolute atomic E-state index is 12.7. The first-order chi connectivity index (χ1) is 15.8. The van der Waals surface area contributed by atoms with Crippen LogP contribution in [0.25, 0.3) is 0 Å². The Balaban J connectivity index is 1.60. The lowest BCUT2D eigenvalue weighted by molar-refractivity contribution is -0.116. The van der Waals surface area contributed by atoms with E-state index < -0.39 is 21.8 Å². The number of hydrogen-bond donors (Lipinski definition) is 3. The van der Waals surface area contributed by atoms with Gasteiger partial charge < -0.3 is 15.4 Å². The summed E-state index contributed by atoms with van der Waals surface area (Å²) in [5.41, 5.74) is 1.10. The summed E-state index contributed by atoms with van der Waals surface area (Å²) in [6.07, 6.45) is -0.133. The molecule has 3 aromatic carbocycles. The van der Waals surface area contributed by atoms with Crippen LogP contribution in [0, 0.1) is 0 Å². The summed E-state index contributed by atoms with van der Waals surface area (Å²) in [4.78, 5) is 25.1. The highest BCUT2D eigenvalue weighted by Gasteiger charge is 2.16. The number of halogens is 1. The molecule has 2 amide bonds. The first kappa shape index (κ1) is 24.2. The number of methoxy groups -OCH3 is 1. The second kappa shape index (κ2) is 11.0. The van der Waals surface area contributed by atoms with Crippen LogP contribution in [-0.4, -0.2) is 33.9 Å². The van der Waals surface area contributed by atoms with Crippen LogP contribution in [0.4, 0.5) is 11.4 Å². The van der Waals surface area contributed by atoms with Gasteiger partial charge in [-0.1, -0.05) is 35.9 Å². The number of para-hydroxylation sites is 1. The highest BCUT2D eigenvalue weighted by atomic mass is 35.5. The van der Waals surface area contributed by atoms with E-state index in [-0.39, 0.29) is 23.4 Å². The molecule has 0 heterocycles. The molecule has 10 heteroatoms. The molecule has 0 fully saturated rings. The van der Waals surface area contributed by atoms with E-state index in [0.29, 0.717) is 22.1 Å². The number of nitrogens with one attached hydrogen (secondary N) is 3. The van der Waals surface area contributed by atoms with Gasteiger partial charge in [-0.05, 0) is 42.5 Å². The van der Waals surface area contributed by atoms with E-state index in [9.17, 15) is 18.0 Å². The van der Waals surface area contributed by atoms with Gasteiger partial charge in [-0.2, -0.15) is 0 Å². The van der Waals surface area contributed by atoms with Crippen LogP contribution in [0.15, 0.2) is 77.7 Å². The Hall–Kier alpha value is -3.40. The van der Waals surface area contributed by atoms with Crippen molar-refractivity contribution in [2.24, 2.45) is 0 Å². The van der Waals surface area contributed by atoms with Crippen LogP contribution in [0.2, 0.25) is 5.02 Å². The summed E-state index contributed by atoms with van der Waals surface area (Å²) < 4.78 is 32.2. The Morgan fingerprint density at radius 3 is 2.45 bits per heavy atom. The van der Waals surface area contributed by atoms with E-state index in [4.69, 9.17) is 16.3 Å². The SMILES string of the molecule is COc1cccc(NC(=O)c2ccccc2NC(=O)CCNS(=O)(=O)c2cccc(Cl)c2)c1. The van der Waals surface area contributed by atoms with E-state index in [1.54, 1.807) is 54.6 Å². The summed E-state index contributed by atoms with van der Waals surface area (Å²) in [5, 5.41) is 5.71. The summed E-state index contributed by atoms with van der Waals surface area (Å²) in [5.74, 6) is -0.277. The summed E-state index contributed by atoms with van der Waals surface area (Å²) in [6, 6.07) is 19.2. The summed E-state index contributed by atoms with van der Waals surface area (Å²) in [6.45, 7) is -0.126. The number of amides is 2. The van der Waals surface area contributed by atoms with Gasteiger partial charge in [0.25, 0.3) is 5.91 Å². The van der Waals surface area contributed by atoms with Gasteiger partial charge in [0.15, 0.2) is 0 Å². The molecule has 0 radical (unpaired) electrons. The average Bonchev–Trinajstić information content (AvgIpc) is 2.79. The molecular formula is C23H22ClN3O5S. The van der Waals surface area contributed by atoms with Crippen molar-refractivity contribution in [1.29, 1.82) is 0 Å². The predicted octanol–water partition coefficient (Wildman–Crippen LogP) is 3.91. The molecule has 3 rings (SSSR count). The molecule has 0 unspecified atom stereocenters. The molecule has 0 spiro atoms. The topological polar surface area (TPSA) is 114 Å². The number of ether oxygens (including phenoxy) is 1. The molecule has 0 atom stereocenters. The monoisotopic (exact) mass is 487 g/mol. The number of carbonyl (C=O) groups excluding carboxylic acids is 2. The number of hydrogen-bond acceptors (Lipinski definition) is 5. The molecule has 33 heavy (non-hydrogen) atoms. The minimum absolute atomic E-state index is 0.00923. The zero-order chi connectivity index (χ0) is 23.8. The molecule has 0 saturated heterocycles. The Morgan fingerprint density at radius 1 is 0.939 bits per heavy atom. The normalized spacial score (nSPS) is 11.0. The van der Waals surface area contributed by atoms with Crippen LogP contribution in [-0.2, 0) is 14.8 Å². The smallest absolute Gasteiger partial charge is 0.257 e. The zero-order valence-electron chi connectivity index (χ0n) is 17.7. The lowest BCUT2D eigenvalue weighted by atomic mass is 10.1. The standard InChI is InChI=1S/C23H22ClN3O5S/c1-32-18-8-5-7-17(15-18)26-23(29)20-10-2-3-11-21(20)27-22(28)12-13-25-33(30,31)19-9-4-6-16(24)14-19/h2-11,14-15,25H,12-13H2,1H3,(H,26,29)(H,27,28). The van der Waals surface area contributed by atoms with Crippen LogP contribution in [0.3, 0.4) is 0 Å². The van der Waals surface area contributed by atoms with E-state index >= 15 is 0 Å². The van der Waals surface area contributed by atoms with Crippen LogP contribution < -0.4 is 20.1 Å². The molecule has 0 aliphatic rings. The molecule has 0 saturated carbocycles. The molecular weight excluding hydrogens is 466 g/mol. The van der Waals surface area contributed by atoms with Crippen molar-refractivity contribution < 1.29 is 22.7 Å². The quantitative estimate of drug-likeness (QED) is 0.423. The fourth-order valence-electron chi connectivity index (χ4n) is 2.92. The Labute approximate surface area is 197 Å². The van der Waals surface area contributed by atoms with Crippen molar-refractivity contribution in [2.45, 2.75) is 11.3 Å². The minimum Gasteiger partial charge on any atom is -0.497 e. The second-order valence-corrected chi connectivity index (χ2v) is 9.09. The fourth-order valence-corrected chi connectivity index (χ4v) is 4.25. The molecule has 172 valence electrons. The van der Waals surface area contributed by atoms with Gasteiger partial charge in [-0.15, -0.1) is 0 Å². The number of carbonyl (C=O) groups is 2. The first-order valence-electron chi connectivity index (χ1n) is 9.88. The van der Waals surface area contributed by atoms with Crippen molar-refractivity contribution in [1.82, 2.24) is 4.72 Å². The van der Waals surface area contributed by atoms with Gasteiger partial charge in [-0.25, -0.2) is 13.1 Å². The van der Waals surface area contributed by atoms with Crippen molar-refractivity contribution in [3.63, 3.8) is 0 Å². The molecule has 8 nitrogen and oxygen atoms in total. The molecule has 0 aliphatic heterocycles. The van der Waals surface area contributed by atoms with Gasteiger partial charge in [0.1, 0.15) is 5.75 Å². The molecule has 0 aromatic heterocycles. The van der Waals surface area contributed by atoms with Crippen molar-refractivity contribution in [3.8, 4) is 5.75 Å². The first-order valence-corrected chi connectivity index (χ1v) is 11.7. The second-order valence-electron chi connectivity index (χ2n) is 6.88. The van der Waals surface area contributed by atoms with Crippen molar-refractivity contribution in [3.05, 3.63) is 83.4 Å². The van der Waals surface area contributed by atoms with Crippen LogP contribution in [0.1, 0.15) is 16.8 Å². The van der Waals surface area contributed by atoms with Gasteiger partial charge in [0, 0.05) is 29.7 Å². The number of rotatable bonds is 9. The highest BCUT2D eigenvalue weighted by Crippen LogP contribution is 2.21. The Bertz CT molecular complexity index is 1260. The Morgan fingerprint density at radius 2 is 1.70 bits per heavy atom. The largest absolute Gasteiger partial charge is 0.497 e. The predicted molar refractivity (Wildman–Crippen MR) is 127 cm³/mol. The number of sulfonamides is 1. The van der Waals surface area contributed by atoms with Gasteiger partial charge in [0.2, 0.25) is 15.9 Å². The highest BCUT2D eigenvalue weighted by molar-refractivity contribution is 7.89. The van der Waals surface area contributed by atoms with Crippen LogP contribution in [0.5, 0.6) is 5.75 Å². The van der Waals surface area contributed by atoms with E-state index in [1.165, 1.54) is 25.3 Å². The minimum atomic E-state index is -3.80. The molecule has 3 aromatic rings. The van der Waals surface area contributed by atoms with Crippen molar-refractivity contribution >= 4 is 44.8 Å². The third-order valence-electron chi connectivity index (χ3n) is 4.52. The lowest BCUT2D eigenvalue weighted by Gasteiger charge is -2.12.